The first-order chi connectivity index (χ1) is 11.1. The van der Waals surface area contributed by atoms with Gasteiger partial charge in [-0.05, 0) is 13.8 Å². The van der Waals surface area contributed by atoms with Crippen LogP contribution in [-0.2, 0) is 4.79 Å². The molecule has 0 saturated heterocycles. The molecule has 2 aromatic heterocycles. The average Bonchev–Trinajstić information content (AvgIpc) is 3.15. The average molecular weight is 345 g/mol. The van der Waals surface area contributed by atoms with Crippen LogP contribution in [0.1, 0.15) is 11.3 Å². The second kappa shape index (κ2) is 6.97. The number of thiazole rings is 1. The smallest absolute Gasteiger partial charge is 0.237 e. The van der Waals surface area contributed by atoms with Gasteiger partial charge in [0, 0.05) is 22.7 Å². The van der Waals surface area contributed by atoms with E-state index >= 15 is 0 Å². The molecule has 0 bridgehead atoms. The molecule has 0 aliphatic carbocycles. The van der Waals surface area contributed by atoms with Crippen LogP contribution >= 0.6 is 23.1 Å². The summed E-state index contributed by atoms with van der Waals surface area (Å²) in [4.78, 5) is 16.2. The van der Waals surface area contributed by atoms with Crippen LogP contribution in [0.2, 0.25) is 0 Å². The number of hydrogen-bond donors (Lipinski definition) is 1. The van der Waals surface area contributed by atoms with Crippen molar-refractivity contribution in [2.24, 2.45) is 0 Å². The molecule has 0 aliphatic rings. The van der Waals surface area contributed by atoms with E-state index in [1.165, 1.54) is 28.7 Å². The number of anilines is 1. The number of nitrogens with zero attached hydrogens (tertiary/aromatic N) is 2. The lowest BCUT2D eigenvalue weighted by molar-refractivity contribution is -0.113. The summed E-state index contributed by atoms with van der Waals surface area (Å²) in [6.07, 6.45) is 0. The second-order valence-corrected chi connectivity index (χ2v) is 7.11. The molecule has 3 aromatic rings. The quantitative estimate of drug-likeness (QED) is 0.704. The molecule has 0 spiro atoms. The van der Waals surface area contributed by atoms with E-state index in [9.17, 15) is 4.79 Å². The highest BCUT2D eigenvalue weighted by atomic mass is 32.2. The lowest BCUT2D eigenvalue weighted by Gasteiger charge is -1.98. The number of rotatable bonds is 5. The van der Waals surface area contributed by atoms with Crippen molar-refractivity contribution in [2.45, 2.75) is 18.2 Å². The molecule has 3 rings (SSSR count). The van der Waals surface area contributed by atoms with E-state index in [0.29, 0.717) is 11.6 Å². The number of carbonyl (C=O) groups excluding carboxylic acids is 1. The molecule has 0 atom stereocenters. The van der Waals surface area contributed by atoms with Gasteiger partial charge in [0.05, 0.1) is 5.75 Å². The summed E-state index contributed by atoms with van der Waals surface area (Å²) in [5.41, 5.74) is 3.80. The zero-order chi connectivity index (χ0) is 16.2. The first-order valence-corrected chi connectivity index (χ1v) is 8.85. The number of carbonyl (C=O) groups is 1. The monoisotopic (exact) mass is 345 g/mol. The molecule has 23 heavy (non-hydrogen) atoms. The van der Waals surface area contributed by atoms with Crippen molar-refractivity contribution < 1.29 is 9.32 Å². The molecule has 2 heterocycles. The summed E-state index contributed by atoms with van der Waals surface area (Å²) < 4.78 is 6.06. The highest BCUT2D eigenvalue weighted by Crippen LogP contribution is 2.24. The minimum atomic E-state index is -0.144. The van der Waals surface area contributed by atoms with E-state index in [1.54, 1.807) is 6.07 Å². The van der Waals surface area contributed by atoms with E-state index < -0.39 is 0 Å². The van der Waals surface area contributed by atoms with Crippen LogP contribution in [0, 0.1) is 13.8 Å². The summed E-state index contributed by atoms with van der Waals surface area (Å²) in [6.45, 7) is 3.96. The molecule has 1 aromatic carbocycles. The minimum absolute atomic E-state index is 0.144. The third-order valence-corrected chi connectivity index (χ3v) is 5.18. The maximum Gasteiger partial charge on any atom is 0.237 e. The van der Waals surface area contributed by atoms with Crippen molar-refractivity contribution in [1.29, 1.82) is 0 Å². The summed E-state index contributed by atoms with van der Waals surface area (Å²) in [5, 5.41) is 8.66. The Morgan fingerprint density at radius 2 is 2.09 bits per heavy atom. The van der Waals surface area contributed by atoms with Gasteiger partial charge in [-0.25, -0.2) is 4.98 Å². The largest absolute Gasteiger partial charge is 0.338 e. The molecule has 0 saturated carbocycles. The Bertz CT molecular complexity index is 809. The predicted octanol–water partition coefficient (Wildman–Crippen LogP) is 4.15. The van der Waals surface area contributed by atoms with E-state index in [2.05, 4.69) is 15.5 Å². The maximum absolute atomic E-state index is 11.9. The fraction of sp³-hybridized carbons (Fsp3) is 0.188. The van der Waals surface area contributed by atoms with Crippen LogP contribution < -0.4 is 5.32 Å². The number of hydrogen-bond acceptors (Lipinski definition) is 6. The minimum Gasteiger partial charge on any atom is -0.338 e. The topological polar surface area (TPSA) is 68.0 Å². The van der Waals surface area contributed by atoms with Gasteiger partial charge in [-0.2, -0.15) is 0 Å². The van der Waals surface area contributed by atoms with E-state index in [-0.39, 0.29) is 11.7 Å². The Morgan fingerprint density at radius 3 is 2.78 bits per heavy atom. The molecule has 0 aliphatic heterocycles. The van der Waals surface area contributed by atoms with Crippen LogP contribution in [0.25, 0.3) is 11.3 Å². The maximum atomic E-state index is 11.9. The first kappa shape index (κ1) is 15.8. The van der Waals surface area contributed by atoms with Gasteiger partial charge in [-0.1, -0.05) is 46.7 Å². The highest BCUT2D eigenvalue weighted by Gasteiger charge is 2.11. The number of nitrogens with one attached hydrogen (secondary N) is 1. The lowest BCUT2D eigenvalue weighted by atomic mass is 10.1. The normalized spacial score (nSPS) is 10.7. The van der Waals surface area contributed by atoms with Gasteiger partial charge in [0.2, 0.25) is 11.8 Å². The Balaban J connectivity index is 1.58. The third kappa shape index (κ3) is 4.20. The molecule has 1 N–H and O–H groups in total. The highest BCUT2D eigenvalue weighted by molar-refractivity contribution is 8.01. The zero-order valence-electron chi connectivity index (χ0n) is 12.7. The zero-order valence-corrected chi connectivity index (χ0v) is 14.3. The van der Waals surface area contributed by atoms with Gasteiger partial charge in [0.15, 0.2) is 4.34 Å². The number of benzene rings is 1. The Morgan fingerprint density at radius 1 is 1.30 bits per heavy atom. The van der Waals surface area contributed by atoms with Gasteiger partial charge in [0.1, 0.15) is 5.69 Å². The molecule has 0 unspecified atom stereocenters. The number of thioether (sulfide) groups is 1. The summed E-state index contributed by atoms with van der Waals surface area (Å²) in [7, 11) is 0. The SMILES string of the molecule is Cc1ccc(-c2cc(NC(=O)CSc3nc(C)cs3)on2)cc1. The fourth-order valence-electron chi connectivity index (χ4n) is 1.89. The van der Waals surface area contributed by atoms with Crippen LogP contribution in [0.15, 0.2) is 44.6 Å². The summed E-state index contributed by atoms with van der Waals surface area (Å²) in [5.74, 6) is 0.490. The van der Waals surface area contributed by atoms with Gasteiger partial charge < -0.3 is 4.52 Å². The standard InChI is InChI=1S/C16H15N3O2S2/c1-10-3-5-12(6-4-10)13-7-15(21-19-13)18-14(20)9-23-16-17-11(2)8-22-16/h3-8H,9H2,1-2H3,(H,18,20). The van der Waals surface area contributed by atoms with Gasteiger partial charge in [0.25, 0.3) is 0 Å². The van der Waals surface area contributed by atoms with Gasteiger partial charge in [-0.3, -0.25) is 10.1 Å². The van der Waals surface area contributed by atoms with Crippen molar-refractivity contribution in [3.05, 3.63) is 47.0 Å². The number of aromatic nitrogens is 2. The second-order valence-electron chi connectivity index (χ2n) is 5.03. The van der Waals surface area contributed by atoms with Crippen LogP contribution in [0.4, 0.5) is 5.88 Å². The van der Waals surface area contributed by atoms with Crippen molar-refractivity contribution >= 4 is 34.9 Å². The Kier molecular flexibility index (Phi) is 4.78. The molecular formula is C16H15N3O2S2. The van der Waals surface area contributed by atoms with Crippen LogP contribution in [-0.4, -0.2) is 21.8 Å². The Hall–Kier alpha value is -2.12. The summed E-state index contributed by atoms with van der Waals surface area (Å²) >= 11 is 2.94. The molecular weight excluding hydrogens is 330 g/mol. The molecule has 0 fully saturated rings. The molecule has 0 radical (unpaired) electrons. The van der Waals surface area contributed by atoms with Crippen molar-refractivity contribution in [1.82, 2.24) is 10.1 Å². The number of amides is 1. The van der Waals surface area contributed by atoms with Crippen LogP contribution in [0.5, 0.6) is 0 Å². The lowest BCUT2D eigenvalue weighted by Crippen LogP contribution is -2.13. The fourth-order valence-corrected chi connectivity index (χ4v) is 3.54. The molecule has 5 nitrogen and oxygen atoms in total. The van der Waals surface area contributed by atoms with Crippen molar-refractivity contribution in [3.8, 4) is 11.3 Å². The summed E-state index contributed by atoms with van der Waals surface area (Å²) in [6, 6.07) is 9.68. The predicted molar refractivity (Wildman–Crippen MR) is 92.9 cm³/mol. The first-order valence-electron chi connectivity index (χ1n) is 6.99. The van der Waals surface area contributed by atoms with E-state index in [0.717, 1.165) is 15.6 Å². The Labute approximate surface area is 142 Å². The van der Waals surface area contributed by atoms with E-state index in [4.69, 9.17) is 4.52 Å². The molecule has 118 valence electrons. The third-order valence-electron chi connectivity index (χ3n) is 3.04. The van der Waals surface area contributed by atoms with Crippen molar-refractivity contribution in [3.63, 3.8) is 0 Å². The van der Waals surface area contributed by atoms with Gasteiger partial charge >= 0.3 is 0 Å². The van der Waals surface area contributed by atoms with Crippen LogP contribution in [0.3, 0.4) is 0 Å². The van der Waals surface area contributed by atoms with Gasteiger partial charge in [-0.15, -0.1) is 11.3 Å². The molecule has 7 heteroatoms. The van der Waals surface area contributed by atoms with Crippen molar-refractivity contribution in [2.75, 3.05) is 11.1 Å². The van der Waals surface area contributed by atoms with E-state index in [1.807, 2.05) is 43.5 Å². The number of aryl methyl sites for hydroxylation is 2. The molecule has 1 amide bonds.